The number of para-hydroxylation sites is 2. The van der Waals surface area contributed by atoms with E-state index in [0.717, 1.165) is 16.8 Å². The number of nitrogens with one attached hydrogen (secondary N) is 1. The molecule has 17 heavy (non-hydrogen) atoms. The highest BCUT2D eigenvalue weighted by atomic mass is 16.4. The summed E-state index contributed by atoms with van der Waals surface area (Å²) >= 11 is 0. The summed E-state index contributed by atoms with van der Waals surface area (Å²) in [5.41, 5.74) is 5.49. The molecule has 0 spiro atoms. The van der Waals surface area contributed by atoms with E-state index in [-0.39, 0.29) is 5.41 Å². The van der Waals surface area contributed by atoms with E-state index in [0.29, 0.717) is 6.01 Å². The van der Waals surface area contributed by atoms with E-state index in [2.05, 4.69) is 36.3 Å². The van der Waals surface area contributed by atoms with Gasteiger partial charge in [0.25, 0.3) is 0 Å². The molecule has 0 amide bonds. The molecular formula is C13H17N3O. The van der Waals surface area contributed by atoms with Gasteiger partial charge in [0.05, 0.1) is 0 Å². The predicted octanol–water partition coefficient (Wildman–Crippen LogP) is 3.66. The zero-order valence-electron chi connectivity index (χ0n) is 10.6. The Balaban J connectivity index is 2.19. The number of oxazole rings is 1. The molecule has 1 N–H and O–H groups in total. The van der Waals surface area contributed by atoms with Gasteiger partial charge in [-0.25, -0.2) is 5.43 Å². The van der Waals surface area contributed by atoms with Gasteiger partial charge >= 0.3 is 6.01 Å². The van der Waals surface area contributed by atoms with Gasteiger partial charge in [-0.15, -0.1) is 0 Å². The van der Waals surface area contributed by atoms with Crippen molar-refractivity contribution in [3.8, 4) is 0 Å². The summed E-state index contributed by atoms with van der Waals surface area (Å²) in [7, 11) is 0. The molecule has 0 bridgehead atoms. The first kappa shape index (κ1) is 11.6. The van der Waals surface area contributed by atoms with Crippen molar-refractivity contribution in [1.29, 1.82) is 0 Å². The van der Waals surface area contributed by atoms with Crippen LogP contribution in [0.2, 0.25) is 0 Å². The average Bonchev–Trinajstić information content (AvgIpc) is 2.66. The summed E-state index contributed by atoms with van der Waals surface area (Å²) in [6, 6.07) is 8.06. The number of fused-ring (bicyclic) bond motifs is 1. The number of aromatic nitrogens is 1. The first-order valence-electron chi connectivity index (χ1n) is 5.63. The number of rotatable bonds is 2. The molecule has 4 heteroatoms. The maximum Gasteiger partial charge on any atom is 0.316 e. The largest absolute Gasteiger partial charge is 0.422 e. The van der Waals surface area contributed by atoms with Crippen LogP contribution in [0.1, 0.15) is 27.7 Å². The van der Waals surface area contributed by atoms with Gasteiger partial charge in [-0.3, -0.25) is 0 Å². The van der Waals surface area contributed by atoms with E-state index < -0.39 is 0 Å². The lowest BCUT2D eigenvalue weighted by Gasteiger charge is -2.17. The van der Waals surface area contributed by atoms with Crippen molar-refractivity contribution in [2.75, 3.05) is 5.43 Å². The van der Waals surface area contributed by atoms with Gasteiger partial charge in [0.2, 0.25) is 0 Å². The second kappa shape index (κ2) is 4.20. The maximum absolute atomic E-state index is 5.50. The minimum absolute atomic E-state index is 0.0407. The number of nitrogens with zero attached hydrogens (tertiary/aromatic N) is 2. The van der Waals surface area contributed by atoms with E-state index in [4.69, 9.17) is 4.42 Å². The number of hydrogen-bond donors (Lipinski definition) is 1. The second-order valence-electron chi connectivity index (χ2n) is 5.05. The van der Waals surface area contributed by atoms with Crippen molar-refractivity contribution in [1.82, 2.24) is 4.98 Å². The number of anilines is 1. The monoisotopic (exact) mass is 231 g/mol. The number of benzene rings is 1. The molecule has 0 aliphatic heterocycles. The van der Waals surface area contributed by atoms with Crippen LogP contribution < -0.4 is 5.43 Å². The van der Waals surface area contributed by atoms with Gasteiger partial charge in [0.15, 0.2) is 5.58 Å². The molecule has 0 saturated carbocycles. The van der Waals surface area contributed by atoms with Crippen molar-refractivity contribution in [3.63, 3.8) is 0 Å². The SMILES string of the molecule is CC(=NNc1nc2ccccc2o1)C(C)(C)C. The molecular weight excluding hydrogens is 214 g/mol. The lowest BCUT2D eigenvalue weighted by Crippen LogP contribution is -2.18. The topological polar surface area (TPSA) is 50.4 Å². The smallest absolute Gasteiger partial charge is 0.316 e. The Labute approximate surface area is 101 Å². The number of hydrazone groups is 1. The molecule has 0 radical (unpaired) electrons. The predicted molar refractivity (Wildman–Crippen MR) is 70.2 cm³/mol. The highest BCUT2D eigenvalue weighted by Crippen LogP contribution is 2.19. The summed E-state index contributed by atoms with van der Waals surface area (Å²) in [5.74, 6) is 0. The first-order valence-corrected chi connectivity index (χ1v) is 5.63. The van der Waals surface area contributed by atoms with Crippen molar-refractivity contribution in [2.45, 2.75) is 27.7 Å². The van der Waals surface area contributed by atoms with E-state index >= 15 is 0 Å². The fourth-order valence-corrected chi connectivity index (χ4v) is 1.22. The van der Waals surface area contributed by atoms with Gasteiger partial charge in [0, 0.05) is 11.1 Å². The summed E-state index contributed by atoms with van der Waals surface area (Å²) in [6.07, 6.45) is 0. The Hall–Kier alpha value is -1.84. The molecule has 4 nitrogen and oxygen atoms in total. The van der Waals surface area contributed by atoms with Gasteiger partial charge < -0.3 is 4.42 Å². The van der Waals surface area contributed by atoms with Crippen LogP contribution in [-0.2, 0) is 0 Å². The van der Waals surface area contributed by atoms with Crippen LogP contribution in [0.25, 0.3) is 11.1 Å². The summed E-state index contributed by atoms with van der Waals surface area (Å²) in [5, 5.41) is 4.27. The molecule has 2 rings (SSSR count). The minimum atomic E-state index is 0.0407. The highest BCUT2D eigenvalue weighted by molar-refractivity contribution is 5.87. The lowest BCUT2D eigenvalue weighted by atomic mass is 9.91. The summed E-state index contributed by atoms with van der Waals surface area (Å²) in [4.78, 5) is 4.28. The zero-order valence-corrected chi connectivity index (χ0v) is 10.6. The molecule has 1 aromatic heterocycles. The van der Waals surface area contributed by atoms with Crippen LogP contribution in [0.3, 0.4) is 0 Å². The molecule has 2 aromatic rings. The van der Waals surface area contributed by atoms with Crippen LogP contribution >= 0.6 is 0 Å². The van der Waals surface area contributed by atoms with Crippen LogP contribution in [0.4, 0.5) is 6.01 Å². The molecule has 0 saturated heterocycles. The summed E-state index contributed by atoms with van der Waals surface area (Å²) in [6.45, 7) is 8.31. The highest BCUT2D eigenvalue weighted by Gasteiger charge is 2.14. The van der Waals surface area contributed by atoms with Gasteiger partial charge in [0.1, 0.15) is 5.52 Å². The van der Waals surface area contributed by atoms with Crippen molar-refractivity contribution >= 4 is 22.8 Å². The average molecular weight is 231 g/mol. The normalized spacial score (nSPS) is 13.1. The maximum atomic E-state index is 5.50. The molecule has 90 valence electrons. The fraction of sp³-hybridized carbons (Fsp3) is 0.385. The van der Waals surface area contributed by atoms with Crippen LogP contribution in [-0.4, -0.2) is 10.7 Å². The van der Waals surface area contributed by atoms with Gasteiger partial charge in [-0.2, -0.15) is 10.1 Å². The van der Waals surface area contributed by atoms with E-state index in [1.54, 1.807) is 0 Å². The Bertz CT molecular complexity index is 516. The standard InChI is InChI=1S/C13H17N3O/c1-9(13(2,3)4)15-16-12-14-10-7-5-6-8-11(10)17-12/h5-8H,1-4H3,(H,14,16). The third-order valence-electron chi connectivity index (χ3n) is 2.70. The van der Waals surface area contributed by atoms with Crippen LogP contribution in [0, 0.1) is 5.41 Å². The quantitative estimate of drug-likeness (QED) is 0.633. The van der Waals surface area contributed by atoms with Crippen molar-refractivity contribution < 1.29 is 4.42 Å². The molecule has 0 fully saturated rings. The third-order valence-corrected chi connectivity index (χ3v) is 2.70. The van der Waals surface area contributed by atoms with Gasteiger partial charge in [-0.1, -0.05) is 32.9 Å². The number of hydrogen-bond acceptors (Lipinski definition) is 4. The Morgan fingerprint density at radius 3 is 2.65 bits per heavy atom. The van der Waals surface area contributed by atoms with Crippen LogP contribution in [0.15, 0.2) is 33.8 Å². The Kier molecular flexibility index (Phi) is 2.88. The van der Waals surface area contributed by atoms with Crippen molar-refractivity contribution in [2.24, 2.45) is 10.5 Å². The van der Waals surface area contributed by atoms with E-state index in [9.17, 15) is 0 Å². The third kappa shape index (κ3) is 2.64. The Morgan fingerprint density at radius 1 is 1.29 bits per heavy atom. The summed E-state index contributed by atoms with van der Waals surface area (Å²) < 4.78 is 5.50. The molecule has 0 aliphatic rings. The Morgan fingerprint density at radius 2 is 2.00 bits per heavy atom. The van der Waals surface area contributed by atoms with E-state index in [1.807, 2.05) is 31.2 Å². The molecule has 1 aromatic carbocycles. The zero-order chi connectivity index (χ0) is 12.5. The molecule has 0 unspecified atom stereocenters. The van der Waals surface area contributed by atoms with Gasteiger partial charge in [-0.05, 0) is 19.1 Å². The minimum Gasteiger partial charge on any atom is -0.422 e. The lowest BCUT2D eigenvalue weighted by molar-refractivity contribution is 0.583. The molecule has 1 heterocycles. The second-order valence-corrected chi connectivity index (χ2v) is 5.05. The molecule has 0 atom stereocenters. The van der Waals surface area contributed by atoms with Crippen LogP contribution in [0.5, 0.6) is 0 Å². The fourth-order valence-electron chi connectivity index (χ4n) is 1.22. The van der Waals surface area contributed by atoms with E-state index in [1.165, 1.54) is 0 Å². The van der Waals surface area contributed by atoms with Crippen molar-refractivity contribution in [3.05, 3.63) is 24.3 Å². The molecule has 0 aliphatic carbocycles. The first-order chi connectivity index (χ1) is 7.97.